The van der Waals surface area contributed by atoms with Gasteiger partial charge in [-0.2, -0.15) is 13.2 Å². The molecule has 0 saturated carbocycles. The van der Waals surface area contributed by atoms with Crippen LogP contribution in [-0.2, 0) is 17.5 Å². The molecule has 2 rings (SSSR count). The Morgan fingerprint density at radius 3 is 2.36 bits per heavy atom. The van der Waals surface area contributed by atoms with E-state index in [0.717, 1.165) is 25.0 Å². The molecule has 0 heterocycles. The van der Waals surface area contributed by atoms with Crippen LogP contribution in [0.2, 0.25) is 0 Å². The second-order valence-corrected chi connectivity index (χ2v) is 6.15. The van der Waals surface area contributed by atoms with Gasteiger partial charge in [-0.3, -0.25) is 4.79 Å². The number of benzene rings is 2. The summed E-state index contributed by atoms with van der Waals surface area (Å²) >= 11 is 0. The van der Waals surface area contributed by atoms with Crippen molar-refractivity contribution in [2.75, 3.05) is 4.90 Å². The zero-order chi connectivity index (χ0) is 18.4. The first-order valence-corrected chi connectivity index (χ1v) is 8.35. The lowest BCUT2D eigenvalue weighted by Crippen LogP contribution is -2.34. The van der Waals surface area contributed by atoms with Crippen LogP contribution in [0.5, 0.6) is 0 Å². The quantitative estimate of drug-likeness (QED) is 0.657. The maximum Gasteiger partial charge on any atom is 0.416 e. The van der Waals surface area contributed by atoms with E-state index in [4.69, 9.17) is 0 Å². The molecule has 1 atom stereocenters. The van der Waals surface area contributed by atoms with Crippen LogP contribution in [0.1, 0.15) is 37.8 Å². The van der Waals surface area contributed by atoms with Crippen LogP contribution in [0, 0.1) is 5.92 Å². The normalized spacial score (nSPS) is 12.7. The van der Waals surface area contributed by atoms with Crippen molar-refractivity contribution < 1.29 is 18.0 Å². The van der Waals surface area contributed by atoms with Gasteiger partial charge in [0.1, 0.15) is 0 Å². The van der Waals surface area contributed by atoms with Crippen molar-refractivity contribution in [3.8, 4) is 0 Å². The number of alkyl halides is 3. The largest absolute Gasteiger partial charge is 0.416 e. The lowest BCUT2D eigenvalue weighted by atomic mass is 10.0. The highest BCUT2D eigenvalue weighted by Gasteiger charge is 2.30. The van der Waals surface area contributed by atoms with Crippen molar-refractivity contribution in [3.05, 3.63) is 65.7 Å². The smallest absolute Gasteiger partial charge is 0.308 e. The summed E-state index contributed by atoms with van der Waals surface area (Å²) < 4.78 is 38.8. The monoisotopic (exact) mass is 349 g/mol. The zero-order valence-corrected chi connectivity index (χ0v) is 14.4. The first-order chi connectivity index (χ1) is 11.8. The molecule has 0 saturated heterocycles. The number of rotatable bonds is 6. The number of halogens is 3. The van der Waals surface area contributed by atoms with Crippen molar-refractivity contribution in [2.24, 2.45) is 5.92 Å². The number of carbonyl (C=O) groups is 1. The summed E-state index contributed by atoms with van der Waals surface area (Å²) in [6.07, 6.45) is -2.78. The zero-order valence-electron chi connectivity index (χ0n) is 14.4. The van der Waals surface area contributed by atoms with Crippen LogP contribution in [0.25, 0.3) is 0 Å². The maximum atomic E-state index is 12.9. The highest BCUT2D eigenvalue weighted by atomic mass is 19.4. The molecule has 0 N–H and O–H groups in total. The summed E-state index contributed by atoms with van der Waals surface area (Å²) in [5, 5.41) is 0. The summed E-state index contributed by atoms with van der Waals surface area (Å²) in [4.78, 5) is 14.4. The molecule has 0 spiro atoms. The minimum atomic E-state index is -4.40. The van der Waals surface area contributed by atoms with E-state index in [1.807, 2.05) is 32.0 Å². The molecule has 134 valence electrons. The van der Waals surface area contributed by atoms with Gasteiger partial charge < -0.3 is 4.90 Å². The standard InChI is InChI=1S/C20H22F3NO/c1-3-8-15(2)19(25)24(18-11-5-4-6-12-18)14-16-9-7-10-17(13-16)20(21,22)23/h4-7,9-13,15H,3,8,14H2,1-2H3. The molecule has 0 aliphatic rings. The maximum absolute atomic E-state index is 12.9. The van der Waals surface area contributed by atoms with Gasteiger partial charge >= 0.3 is 6.18 Å². The van der Waals surface area contributed by atoms with Crippen LogP contribution in [0.3, 0.4) is 0 Å². The number of hydrogen-bond donors (Lipinski definition) is 0. The Labute approximate surface area is 146 Å². The molecule has 1 unspecified atom stereocenters. The second kappa shape index (κ2) is 8.19. The Bertz CT molecular complexity index is 698. The van der Waals surface area contributed by atoms with Gasteiger partial charge in [-0.05, 0) is 36.2 Å². The molecule has 1 amide bonds. The van der Waals surface area contributed by atoms with Crippen LogP contribution in [-0.4, -0.2) is 5.91 Å². The van der Waals surface area contributed by atoms with E-state index in [1.54, 1.807) is 23.1 Å². The third kappa shape index (κ3) is 5.08. The average molecular weight is 349 g/mol. The van der Waals surface area contributed by atoms with E-state index in [0.29, 0.717) is 11.3 Å². The van der Waals surface area contributed by atoms with E-state index < -0.39 is 11.7 Å². The molecule has 2 nitrogen and oxygen atoms in total. The van der Waals surface area contributed by atoms with Crippen molar-refractivity contribution in [1.29, 1.82) is 0 Å². The first kappa shape index (κ1) is 19.0. The van der Waals surface area contributed by atoms with Crippen molar-refractivity contribution in [2.45, 2.75) is 39.4 Å². The van der Waals surface area contributed by atoms with Crippen LogP contribution in [0.15, 0.2) is 54.6 Å². The summed E-state index contributed by atoms with van der Waals surface area (Å²) in [5.74, 6) is -0.263. The molecule has 0 fully saturated rings. The van der Waals surface area contributed by atoms with Gasteiger partial charge in [0, 0.05) is 11.6 Å². The number of carbonyl (C=O) groups excluding carboxylic acids is 1. The van der Waals surface area contributed by atoms with Crippen molar-refractivity contribution >= 4 is 11.6 Å². The van der Waals surface area contributed by atoms with Gasteiger partial charge in [-0.1, -0.05) is 50.6 Å². The Hall–Kier alpha value is -2.30. The van der Waals surface area contributed by atoms with Gasteiger partial charge in [-0.15, -0.1) is 0 Å². The molecule has 0 bridgehead atoms. The molecular weight excluding hydrogens is 327 g/mol. The SMILES string of the molecule is CCCC(C)C(=O)N(Cc1cccc(C(F)(F)F)c1)c1ccccc1. The summed E-state index contributed by atoms with van der Waals surface area (Å²) in [5.41, 5.74) is 0.440. The minimum absolute atomic E-state index is 0.0783. The molecule has 0 aliphatic carbocycles. The summed E-state index contributed by atoms with van der Waals surface area (Å²) in [6, 6.07) is 14.2. The topological polar surface area (TPSA) is 20.3 Å². The Morgan fingerprint density at radius 1 is 1.08 bits per heavy atom. The Kier molecular flexibility index (Phi) is 6.23. The third-order valence-corrected chi connectivity index (χ3v) is 4.07. The van der Waals surface area contributed by atoms with Gasteiger partial charge in [0.15, 0.2) is 0 Å². The predicted octanol–water partition coefficient (Wildman–Crippen LogP) is 5.67. The van der Waals surface area contributed by atoms with E-state index in [1.165, 1.54) is 6.07 Å². The molecule has 0 aromatic heterocycles. The van der Waals surface area contributed by atoms with Gasteiger partial charge in [0.25, 0.3) is 0 Å². The van der Waals surface area contributed by atoms with Gasteiger partial charge in [0.2, 0.25) is 5.91 Å². The molecule has 0 radical (unpaired) electrons. The number of para-hydroxylation sites is 1. The fraction of sp³-hybridized carbons (Fsp3) is 0.350. The Balaban J connectivity index is 2.32. The molecule has 25 heavy (non-hydrogen) atoms. The van der Waals surface area contributed by atoms with Crippen LogP contribution in [0.4, 0.5) is 18.9 Å². The molecular formula is C20H22F3NO. The molecule has 2 aromatic carbocycles. The molecule has 5 heteroatoms. The summed E-state index contributed by atoms with van der Waals surface area (Å²) in [7, 11) is 0. The molecule has 0 aliphatic heterocycles. The van der Waals surface area contributed by atoms with Crippen molar-refractivity contribution in [1.82, 2.24) is 0 Å². The third-order valence-electron chi connectivity index (χ3n) is 4.07. The lowest BCUT2D eigenvalue weighted by molar-refractivity contribution is -0.137. The number of nitrogens with zero attached hydrogens (tertiary/aromatic N) is 1. The Morgan fingerprint density at radius 2 is 1.76 bits per heavy atom. The highest BCUT2D eigenvalue weighted by molar-refractivity contribution is 5.94. The number of amides is 1. The fourth-order valence-corrected chi connectivity index (χ4v) is 2.76. The number of anilines is 1. The van der Waals surface area contributed by atoms with Gasteiger partial charge in [-0.25, -0.2) is 0 Å². The van der Waals surface area contributed by atoms with E-state index >= 15 is 0 Å². The second-order valence-electron chi connectivity index (χ2n) is 6.15. The lowest BCUT2D eigenvalue weighted by Gasteiger charge is -2.26. The number of hydrogen-bond acceptors (Lipinski definition) is 1. The van der Waals surface area contributed by atoms with Crippen LogP contribution < -0.4 is 4.90 Å². The first-order valence-electron chi connectivity index (χ1n) is 8.35. The van der Waals surface area contributed by atoms with E-state index in [-0.39, 0.29) is 18.4 Å². The van der Waals surface area contributed by atoms with Crippen LogP contribution >= 0.6 is 0 Å². The van der Waals surface area contributed by atoms with Gasteiger partial charge in [0.05, 0.1) is 12.1 Å². The average Bonchev–Trinajstić information content (AvgIpc) is 2.59. The minimum Gasteiger partial charge on any atom is -0.308 e. The van der Waals surface area contributed by atoms with E-state index in [9.17, 15) is 18.0 Å². The summed E-state index contributed by atoms with van der Waals surface area (Å²) in [6.45, 7) is 3.97. The molecule has 2 aromatic rings. The van der Waals surface area contributed by atoms with E-state index in [2.05, 4.69) is 0 Å². The highest BCUT2D eigenvalue weighted by Crippen LogP contribution is 2.30. The van der Waals surface area contributed by atoms with Crippen molar-refractivity contribution in [3.63, 3.8) is 0 Å². The predicted molar refractivity (Wildman–Crippen MR) is 93.1 cm³/mol. The fourth-order valence-electron chi connectivity index (χ4n) is 2.76.